The van der Waals surface area contributed by atoms with E-state index in [1.165, 1.54) is 25.3 Å². The van der Waals surface area contributed by atoms with E-state index in [1.54, 1.807) is 12.1 Å². The molecule has 120 valence electrons. The van der Waals surface area contributed by atoms with Crippen LogP contribution >= 0.6 is 11.6 Å². The van der Waals surface area contributed by atoms with Crippen molar-refractivity contribution in [3.63, 3.8) is 0 Å². The quantitative estimate of drug-likeness (QED) is 0.903. The molecule has 1 saturated carbocycles. The van der Waals surface area contributed by atoms with Crippen LogP contribution in [0.3, 0.4) is 0 Å². The molecule has 1 fully saturated rings. The molecule has 0 unspecified atom stereocenters. The first-order valence-corrected chi connectivity index (χ1v) is 7.82. The lowest BCUT2D eigenvalue weighted by Crippen LogP contribution is -2.25. The number of hydrogen-bond acceptors (Lipinski definition) is 2. The molecular weight excluding hydrogens is 317 g/mol. The van der Waals surface area contributed by atoms with Crippen LogP contribution in [0.1, 0.15) is 28.8 Å². The number of rotatable bonds is 4. The van der Waals surface area contributed by atoms with Crippen molar-refractivity contribution in [2.75, 3.05) is 7.11 Å². The molecule has 0 saturated heterocycles. The Morgan fingerprint density at radius 2 is 2.00 bits per heavy atom. The van der Waals surface area contributed by atoms with E-state index in [0.717, 1.165) is 18.4 Å². The van der Waals surface area contributed by atoms with Gasteiger partial charge in [0.15, 0.2) is 0 Å². The van der Waals surface area contributed by atoms with E-state index < -0.39 is 5.82 Å². The van der Waals surface area contributed by atoms with Gasteiger partial charge in [-0.1, -0.05) is 11.6 Å². The highest BCUT2D eigenvalue weighted by Gasteiger charge is 2.24. The van der Waals surface area contributed by atoms with Crippen LogP contribution in [-0.4, -0.2) is 19.1 Å². The highest BCUT2D eigenvalue weighted by molar-refractivity contribution is 6.31. The first-order chi connectivity index (χ1) is 11.0. The number of aryl methyl sites for hydroxylation is 1. The molecule has 5 heteroatoms. The van der Waals surface area contributed by atoms with Crippen molar-refractivity contribution >= 4 is 17.5 Å². The minimum atomic E-state index is -0.425. The second-order valence-corrected chi connectivity index (χ2v) is 6.15. The van der Waals surface area contributed by atoms with Crippen molar-refractivity contribution in [3.05, 3.63) is 52.3 Å². The topological polar surface area (TPSA) is 38.3 Å². The molecule has 2 aromatic rings. The Balaban J connectivity index is 2.05. The molecule has 0 aliphatic heterocycles. The number of benzene rings is 2. The second-order valence-electron chi connectivity index (χ2n) is 5.74. The normalized spacial score (nSPS) is 13.7. The van der Waals surface area contributed by atoms with E-state index >= 15 is 0 Å². The monoisotopic (exact) mass is 333 g/mol. The predicted molar refractivity (Wildman–Crippen MR) is 88.6 cm³/mol. The van der Waals surface area contributed by atoms with Crippen LogP contribution in [0.2, 0.25) is 5.02 Å². The minimum absolute atomic E-state index is 0.189. The van der Waals surface area contributed by atoms with Crippen molar-refractivity contribution in [1.29, 1.82) is 0 Å². The van der Waals surface area contributed by atoms with Crippen LogP contribution in [0.4, 0.5) is 4.39 Å². The molecule has 1 aliphatic carbocycles. The number of amides is 1. The Labute approximate surface area is 139 Å². The summed E-state index contributed by atoms with van der Waals surface area (Å²) in [5.74, 6) is -0.0948. The van der Waals surface area contributed by atoms with Gasteiger partial charge in [0, 0.05) is 27.8 Å². The van der Waals surface area contributed by atoms with E-state index in [-0.39, 0.29) is 11.9 Å². The van der Waals surface area contributed by atoms with Crippen LogP contribution in [0.5, 0.6) is 5.75 Å². The van der Waals surface area contributed by atoms with E-state index in [1.807, 2.05) is 6.92 Å². The van der Waals surface area contributed by atoms with Crippen LogP contribution < -0.4 is 10.1 Å². The fraction of sp³-hybridized carbons (Fsp3) is 0.278. The van der Waals surface area contributed by atoms with Gasteiger partial charge in [0.25, 0.3) is 5.91 Å². The maximum Gasteiger partial charge on any atom is 0.251 e. The van der Waals surface area contributed by atoms with Gasteiger partial charge < -0.3 is 10.1 Å². The van der Waals surface area contributed by atoms with Crippen LogP contribution in [0, 0.1) is 12.7 Å². The van der Waals surface area contributed by atoms with Gasteiger partial charge in [-0.25, -0.2) is 4.39 Å². The zero-order chi connectivity index (χ0) is 16.6. The molecule has 1 aliphatic rings. The second kappa shape index (κ2) is 6.20. The zero-order valence-corrected chi connectivity index (χ0v) is 13.7. The Morgan fingerprint density at radius 3 is 2.65 bits per heavy atom. The van der Waals surface area contributed by atoms with Crippen molar-refractivity contribution in [1.82, 2.24) is 5.32 Å². The zero-order valence-electron chi connectivity index (χ0n) is 13.0. The number of methoxy groups -OCH3 is 1. The molecule has 1 N–H and O–H groups in total. The van der Waals surface area contributed by atoms with Gasteiger partial charge in [0.05, 0.1) is 7.11 Å². The van der Waals surface area contributed by atoms with Gasteiger partial charge in [0.1, 0.15) is 11.6 Å². The molecule has 0 spiro atoms. The third-order valence-corrected chi connectivity index (χ3v) is 4.32. The van der Waals surface area contributed by atoms with Gasteiger partial charge >= 0.3 is 0 Å². The summed E-state index contributed by atoms with van der Waals surface area (Å²) in [6.45, 7) is 1.85. The van der Waals surface area contributed by atoms with E-state index in [4.69, 9.17) is 16.3 Å². The molecule has 3 rings (SSSR count). The van der Waals surface area contributed by atoms with Gasteiger partial charge in [0.2, 0.25) is 0 Å². The first-order valence-electron chi connectivity index (χ1n) is 7.44. The summed E-state index contributed by atoms with van der Waals surface area (Å²) in [5.41, 5.74) is 2.09. The highest BCUT2D eigenvalue weighted by Crippen LogP contribution is 2.36. The number of ether oxygens (including phenoxy) is 1. The lowest BCUT2D eigenvalue weighted by Gasteiger charge is -2.13. The lowest BCUT2D eigenvalue weighted by atomic mass is 9.99. The SMILES string of the molecule is COc1cc(C)c(Cl)cc1-c1cc(C(=O)NC2CC2)ccc1F. The number of carbonyl (C=O) groups is 1. The summed E-state index contributed by atoms with van der Waals surface area (Å²) in [5, 5.41) is 3.42. The summed E-state index contributed by atoms with van der Waals surface area (Å²) in [4.78, 5) is 12.2. The number of hydrogen-bond donors (Lipinski definition) is 1. The van der Waals surface area contributed by atoms with Crippen molar-refractivity contribution in [2.24, 2.45) is 0 Å². The van der Waals surface area contributed by atoms with Gasteiger partial charge in [-0.05, 0) is 55.7 Å². The largest absolute Gasteiger partial charge is 0.496 e. The van der Waals surface area contributed by atoms with Crippen LogP contribution in [0.25, 0.3) is 11.1 Å². The molecule has 3 nitrogen and oxygen atoms in total. The fourth-order valence-electron chi connectivity index (χ4n) is 2.40. The van der Waals surface area contributed by atoms with Gasteiger partial charge in [-0.3, -0.25) is 4.79 Å². The van der Waals surface area contributed by atoms with Crippen LogP contribution in [-0.2, 0) is 0 Å². The molecule has 0 aromatic heterocycles. The maximum absolute atomic E-state index is 14.3. The molecule has 0 bridgehead atoms. The molecule has 23 heavy (non-hydrogen) atoms. The highest BCUT2D eigenvalue weighted by atomic mass is 35.5. The van der Waals surface area contributed by atoms with E-state index in [9.17, 15) is 9.18 Å². The molecule has 0 radical (unpaired) electrons. The van der Waals surface area contributed by atoms with Gasteiger partial charge in [-0.15, -0.1) is 0 Å². The van der Waals surface area contributed by atoms with Crippen molar-refractivity contribution in [3.8, 4) is 16.9 Å². The maximum atomic E-state index is 14.3. The summed E-state index contributed by atoms with van der Waals surface area (Å²) >= 11 is 6.17. The summed E-state index contributed by atoms with van der Waals surface area (Å²) in [7, 11) is 1.52. The summed E-state index contributed by atoms with van der Waals surface area (Å²) in [6.07, 6.45) is 2.00. The average Bonchev–Trinajstić information content (AvgIpc) is 3.34. The summed E-state index contributed by atoms with van der Waals surface area (Å²) in [6, 6.07) is 7.99. The Bertz CT molecular complexity index is 772. The molecule has 0 atom stereocenters. The Morgan fingerprint density at radius 1 is 1.26 bits per heavy atom. The number of carbonyl (C=O) groups excluding carboxylic acids is 1. The standard InChI is InChI=1S/C18H17ClFNO2/c1-10-7-17(23-2)14(9-15(10)19)13-8-11(3-6-16(13)20)18(22)21-12-4-5-12/h3,6-9,12H,4-5H2,1-2H3,(H,21,22). The molecule has 1 amide bonds. The van der Waals surface area contributed by atoms with Gasteiger partial charge in [-0.2, -0.15) is 0 Å². The fourth-order valence-corrected chi connectivity index (χ4v) is 2.57. The number of halogens is 2. The third-order valence-electron chi connectivity index (χ3n) is 3.91. The smallest absolute Gasteiger partial charge is 0.251 e. The average molecular weight is 334 g/mol. The summed E-state index contributed by atoms with van der Waals surface area (Å²) < 4.78 is 19.7. The van der Waals surface area contributed by atoms with Crippen LogP contribution in [0.15, 0.2) is 30.3 Å². The molecular formula is C18H17ClFNO2. The predicted octanol–water partition coefficient (Wildman–Crippen LogP) is 4.36. The lowest BCUT2D eigenvalue weighted by molar-refractivity contribution is 0.0951. The third kappa shape index (κ3) is 3.32. The molecule has 0 heterocycles. The van der Waals surface area contributed by atoms with E-state index in [0.29, 0.717) is 27.5 Å². The van der Waals surface area contributed by atoms with Crippen molar-refractivity contribution in [2.45, 2.75) is 25.8 Å². The van der Waals surface area contributed by atoms with E-state index in [2.05, 4.69) is 5.32 Å². The first kappa shape index (κ1) is 15.8. The molecule has 2 aromatic carbocycles. The minimum Gasteiger partial charge on any atom is -0.496 e. The Kier molecular flexibility index (Phi) is 4.26. The van der Waals surface area contributed by atoms with Crippen molar-refractivity contribution < 1.29 is 13.9 Å². The number of nitrogens with one attached hydrogen (secondary N) is 1. The Hall–Kier alpha value is -2.07.